The molecule has 0 aliphatic carbocycles. The van der Waals surface area contributed by atoms with Gasteiger partial charge in [-0.25, -0.2) is 9.59 Å². The number of hydrogen-bond acceptors (Lipinski definition) is 5. The van der Waals surface area contributed by atoms with Gasteiger partial charge in [0.25, 0.3) is 0 Å². The van der Waals surface area contributed by atoms with Crippen LogP contribution in [0.1, 0.15) is 50.4 Å². The molecule has 6 heteroatoms. The molecule has 0 heterocycles. The highest BCUT2D eigenvalue weighted by molar-refractivity contribution is 6.30. The molecule has 0 spiro atoms. The van der Waals surface area contributed by atoms with E-state index in [-0.39, 0.29) is 0 Å². The second kappa shape index (κ2) is 10.1. The molecule has 1 aromatic carbocycles. The standard InChI is InChI=1S/C17H23ClO5/c1-4-5-10-21-17(20)23-13(3)11-12(2)22-16(19)14-6-8-15(18)9-7-14/h6-9,12-13H,4-5,10-11H2,1-3H3. The summed E-state index contributed by atoms with van der Waals surface area (Å²) in [4.78, 5) is 23.4. The molecule has 128 valence electrons. The summed E-state index contributed by atoms with van der Waals surface area (Å²) < 4.78 is 15.3. The number of unbranched alkanes of at least 4 members (excludes halogenated alkanes) is 1. The molecule has 0 saturated heterocycles. The van der Waals surface area contributed by atoms with Crippen LogP contribution >= 0.6 is 11.6 Å². The molecule has 0 aromatic heterocycles. The maximum atomic E-state index is 11.9. The van der Waals surface area contributed by atoms with Crippen LogP contribution in [-0.4, -0.2) is 30.9 Å². The maximum absolute atomic E-state index is 11.9. The van der Waals surface area contributed by atoms with Gasteiger partial charge in [0.2, 0.25) is 0 Å². The predicted octanol–water partition coefficient (Wildman–Crippen LogP) is 4.62. The first-order chi connectivity index (χ1) is 10.9. The van der Waals surface area contributed by atoms with Crippen molar-refractivity contribution in [2.75, 3.05) is 6.61 Å². The van der Waals surface area contributed by atoms with Crippen LogP contribution in [0.25, 0.3) is 0 Å². The van der Waals surface area contributed by atoms with Crippen LogP contribution in [0.2, 0.25) is 5.02 Å². The van der Waals surface area contributed by atoms with Gasteiger partial charge in [-0.3, -0.25) is 0 Å². The summed E-state index contributed by atoms with van der Waals surface area (Å²) in [6.07, 6.45) is 0.650. The van der Waals surface area contributed by atoms with Crippen molar-refractivity contribution >= 4 is 23.7 Å². The Labute approximate surface area is 141 Å². The van der Waals surface area contributed by atoms with Crippen LogP contribution in [0.5, 0.6) is 0 Å². The molecule has 2 unspecified atom stereocenters. The first kappa shape index (κ1) is 19.3. The zero-order valence-corrected chi connectivity index (χ0v) is 14.5. The fourth-order valence-corrected chi connectivity index (χ4v) is 2.02. The Bertz CT molecular complexity index is 500. The Kier molecular flexibility index (Phi) is 8.48. The van der Waals surface area contributed by atoms with Crippen molar-refractivity contribution < 1.29 is 23.8 Å². The number of rotatable bonds is 8. The number of hydrogen-bond donors (Lipinski definition) is 0. The number of benzene rings is 1. The van der Waals surface area contributed by atoms with Gasteiger partial charge in [-0.2, -0.15) is 0 Å². The van der Waals surface area contributed by atoms with Crippen LogP contribution in [0, 0.1) is 0 Å². The zero-order chi connectivity index (χ0) is 17.2. The first-order valence-corrected chi connectivity index (χ1v) is 8.10. The summed E-state index contributed by atoms with van der Waals surface area (Å²) >= 11 is 5.77. The van der Waals surface area contributed by atoms with E-state index < -0.39 is 24.3 Å². The minimum absolute atomic E-state index is 0.350. The van der Waals surface area contributed by atoms with Crippen molar-refractivity contribution in [1.82, 2.24) is 0 Å². The lowest BCUT2D eigenvalue weighted by atomic mass is 10.2. The van der Waals surface area contributed by atoms with Crippen molar-refractivity contribution in [2.24, 2.45) is 0 Å². The van der Waals surface area contributed by atoms with E-state index in [0.29, 0.717) is 23.6 Å². The number of carbonyl (C=O) groups excluding carboxylic acids is 2. The van der Waals surface area contributed by atoms with Gasteiger partial charge in [-0.15, -0.1) is 0 Å². The molecule has 0 N–H and O–H groups in total. The molecule has 0 saturated carbocycles. The van der Waals surface area contributed by atoms with Gasteiger partial charge in [0.1, 0.15) is 12.2 Å². The molecular formula is C17H23ClO5. The van der Waals surface area contributed by atoms with Crippen molar-refractivity contribution in [3.05, 3.63) is 34.9 Å². The van der Waals surface area contributed by atoms with E-state index in [0.717, 1.165) is 12.8 Å². The SMILES string of the molecule is CCCCOC(=O)OC(C)CC(C)OC(=O)c1ccc(Cl)cc1. The van der Waals surface area contributed by atoms with Crippen molar-refractivity contribution in [3.63, 3.8) is 0 Å². The Morgan fingerprint density at radius 1 is 1.09 bits per heavy atom. The van der Waals surface area contributed by atoms with E-state index >= 15 is 0 Å². The molecule has 0 amide bonds. The molecule has 23 heavy (non-hydrogen) atoms. The summed E-state index contributed by atoms with van der Waals surface area (Å²) in [6, 6.07) is 6.45. The molecule has 0 aliphatic rings. The highest BCUT2D eigenvalue weighted by atomic mass is 35.5. The molecule has 1 rings (SSSR count). The Hall–Kier alpha value is -1.75. The quantitative estimate of drug-likeness (QED) is 0.509. The summed E-state index contributed by atoms with van der Waals surface area (Å²) in [5, 5.41) is 0.554. The second-order valence-corrected chi connectivity index (χ2v) is 5.78. The fourth-order valence-electron chi connectivity index (χ4n) is 1.90. The van der Waals surface area contributed by atoms with Gasteiger partial charge in [0.05, 0.1) is 12.2 Å². The second-order valence-electron chi connectivity index (χ2n) is 5.34. The highest BCUT2D eigenvalue weighted by Gasteiger charge is 2.18. The molecule has 2 atom stereocenters. The third-order valence-electron chi connectivity index (χ3n) is 3.07. The zero-order valence-electron chi connectivity index (χ0n) is 13.7. The van der Waals surface area contributed by atoms with Crippen LogP contribution < -0.4 is 0 Å². The van der Waals surface area contributed by atoms with Crippen molar-refractivity contribution in [1.29, 1.82) is 0 Å². The Morgan fingerprint density at radius 3 is 2.30 bits per heavy atom. The van der Waals surface area contributed by atoms with Gasteiger partial charge in [0.15, 0.2) is 0 Å². The molecule has 0 radical (unpaired) electrons. The lowest BCUT2D eigenvalue weighted by molar-refractivity contribution is 0.000162. The Morgan fingerprint density at radius 2 is 1.70 bits per heavy atom. The highest BCUT2D eigenvalue weighted by Crippen LogP contribution is 2.13. The van der Waals surface area contributed by atoms with E-state index in [9.17, 15) is 9.59 Å². The normalized spacial score (nSPS) is 13.0. The summed E-state index contributed by atoms with van der Waals surface area (Å²) in [5.74, 6) is -0.438. The monoisotopic (exact) mass is 342 g/mol. The predicted molar refractivity (Wildman–Crippen MR) is 87.7 cm³/mol. The number of carbonyl (C=O) groups is 2. The largest absolute Gasteiger partial charge is 0.508 e. The van der Waals surface area contributed by atoms with Crippen LogP contribution in [-0.2, 0) is 14.2 Å². The summed E-state index contributed by atoms with van der Waals surface area (Å²) in [7, 11) is 0. The number of halogens is 1. The van der Waals surface area contributed by atoms with Gasteiger partial charge in [-0.05, 0) is 44.5 Å². The Balaban J connectivity index is 2.34. The van der Waals surface area contributed by atoms with E-state index in [4.69, 9.17) is 25.8 Å². The van der Waals surface area contributed by atoms with E-state index in [2.05, 4.69) is 0 Å². The van der Waals surface area contributed by atoms with E-state index in [1.165, 1.54) is 0 Å². The summed E-state index contributed by atoms with van der Waals surface area (Å²) in [6.45, 7) is 5.83. The van der Waals surface area contributed by atoms with Gasteiger partial charge >= 0.3 is 12.1 Å². The van der Waals surface area contributed by atoms with Crippen LogP contribution in [0.15, 0.2) is 24.3 Å². The molecule has 0 bridgehead atoms. The topological polar surface area (TPSA) is 61.8 Å². The van der Waals surface area contributed by atoms with Gasteiger partial charge < -0.3 is 14.2 Å². The number of ether oxygens (including phenoxy) is 3. The third kappa shape index (κ3) is 7.88. The minimum Gasteiger partial charge on any atom is -0.459 e. The van der Waals surface area contributed by atoms with Crippen LogP contribution in [0.3, 0.4) is 0 Å². The molecular weight excluding hydrogens is 320 g/mol. The molecule has 0 fully saturated rings. The van der Waals surface area contributed by atoms with Crippen molar-refractivity contribution in [3.8, 4) is 0 Å². The lowest BCUT2D eigenvalue weighted by Gasteiger charge is -2.18. The first-order valence-electron chi connectivity index (χ1n) is 7.72. The molecule has 0 aliphatic heterocycles. The van der Waals surface area contributed by atoms with Crippen molar-refractivity contribution in [2.45, 2.75) is 52.2 Å². The summed E-state index contributed by atoms with van der Waals surface area (Å²) in [5.41, 5.74) is 0.425. The van der Waals surface area contributed by atoms with Gasteiger partial charge in [0, 0.05) is 11.4 Å². The molecule has 1 aromatic rings. The third-order valence-corrected chi connectivity index (χ3v) is 3.32. The minimum atomic E-state index is -0.692. The fraction of sp³-hybridized carbons (Fsp3) is 0.529. The number of esters is 1. The smallest absolute Gasteiger partial charge is 0.459 e. The lowest BCUT2D eigenvalue weighted by Crippen LogP contribution is -2.24. The average Bonchev–Trinajstić information content (AvgIpc) is 2.47. The van der Waals surface area contributed by atoms with Gasteiger partial charge in [-0.1, -0.05) is 24.9 Å². The van der Waals surface area contributed by atoms with E-state index in [1.54, 1.807) is 38.1 Å². The maximum Gasteiger partial charge on any atom is 0.508 e. The average molecular weight is 343 g/mol. The van der Waals surface area contributed by atoms with E-state index in [1.807, 2.05) is 6.92 Å². The molecule has 5 nitrogen and oxygen atoms in total. The van der Waals surface area contributed by atoms with Crippen LogP contribution in [0.4, 0.5) is 4.79 Å².